The van der Waals surface area contributed by atoms with E-state index in [1.165, 1.54) is 22.3 Å². The lowest BCUT2D eigenvalue weighted by Crippen LogP contribution is -2.10. The average molecular weight is 311 g/mol. The molecule has 1 unspecified atom stereocenters. The third kappa shape index (κ3) is 6.35. The second kappa shape index (κ2) is 9.23. The van der Waals surface area contributed by atoms with Crippen molar-refractivity contribution in [3.63, 3.8) is 0 Å². The highest BCUT2D eigenvalue weighted by Gasteiger charge is 2.00. The van der Waals surface area contributed by atoms with Gasteiger partial charge in [-0.25, -0.2) is 0 Å². The Bertz CT molecular complexity index is 605. The second-order valence-corrected chi connectivity index (χ2v) is 6.07. The van der Waals surface area contributed by atoms with Gasteiger partial charge in [0, 0.05) is 24.9 Å². The number of rotatable bonds is 8. The zero-order valence-electron chi connectivity index (χ0n) is 13.9. The molecule has 1 heterocycles. The van der Waals surface area contributed by atoms with Gasteiger partial charge in [-0.1, -0.05) is 43.3 Å². The third-order valence-corrected chi connectivity index (χ3v) is 3.57. The number of hydrogen-bond acceptors (Lipinski definition) is 3. The maximum Gasteiger partial charge on any atom is 0.0677 e. The molecule has 0 spiro atoms. The first kappa shape index (κ1) is 17.4. The molecule has 2 aromatic rings. The minimum absolute atomic E-state index is 0.168. The monoisotopic (exact) mass is 311 g/mol. The van der Waals surface area contributed by atoms with Crippen molar-refractivity contribution in [1.29, 1.82) is 0 Å². The first-order chi connectivity index (χ1) is 11.2. The van der Waals surface area contributed by atoms with E-state index in [2.05, 4.69) is 48.3 Å². The fourth-order valence-corrected chi connectivity index (χ4v) is 2.27. The largest absolute Gasteiger partial charge is 0.396 e. The summed E-state index contributed by atoms with van der Waals surface area (Å²) >= 11 is 0. The lowest BCUT2D eigenvalue weighted by Gasteiger charge is -2.09. The highest BCUT2D eigenvalue weighted by atomic mass is 16.5. The fourth-order valence-electron chi connectivity index (χ4n) is 2.27. The maximum absolute atomic E-state index is 8.97. The number of pyridine rings is 1. The average Bonchev–Trinajstić information content (AvgIpc) is 2.57. The molecule has 0 amide bonds. The van der Waals surface area contributed by atoms with Gasteiger partial charge in [0.2, 0.25) is 0 Å². The Hall–Kier alpha value is -1.97. The molecule has 0 aliphatic carbocycles. The minimum Gasteiger partial charge on any atom is -0.396 e. The summed E-state index contributed by atoms with van der Waals surface area (Å²) < 4.78 is 5.59. The van der Waals surface area contributed by atoms with Gasteiger partial charge >= 0.3 is 0 Å². The Kier molecular flexibility index (Phi) is 6.98. The van der Waals surface area contributed by atoms with E-state index in [4.69, 9.17) is 9.84 Å². The van der Waals surface area contributed by atoms with Crippen molar-refractivity contribution in [2.75, 3.05) is 19.8 Å². The van der Waals surface area contributed by atoms with E-state index >= 15 is 0 Å². The molecule has 0 aliphatic heterocycles. The highest BCUT2D eigenvalue weighted by Crippen LogP contribution is 2.13. The summed E-state index contributed by atoms with van der Waals surface area (Å²) in [4.78, 5) is 4.15. The topological polar surface area (TPSA) is 42.4 Å². The molecule has 0 saturated carbocycles. The molecule has 3 heteroatoms. The highest BCUT2D eigenvalue weighted by molar-refractivity contribution is 5.53. The molecule has 1 aromatic heterocycles. The Morgan fingerprint density at radius 2 is 2.00 bits per heavy atom. The van der Waals surface area contributed by atoms with Gasteiger partial charge < -0.3 is 9.84 Å². The van der Waals surface area contributed by atoms with E-state index < -0.39 is 0 Å². The van der Waals surface area contributed by atoms with Crippen LogP contribution >= 0.6 is 0 Å². The second-order valence-electron chi connectivity index (χ2n) is 6.07. The first-order valence-corrected chi connectivity index (χ1v) is 8.01. The summed E-state index contributed by atoms with van der Waals surface area (Å²) in [7, 11) is 0. The number of aliphatic hydroxyl groups is 1. The first-order valence-electron chi connectivity index (χ1n) is 8.01. The van der Waals surface area contributed by atoms with Crippen molar-refractivity contribution in [2.45, 2.75) is 20.3 Å². The standard InChI is InChI=1S/C20H25NO2/c1-16(14-23-15-17(2)13-22)10-18-5-7-19(8-6-18)11-20-4-3-9-21-12-20/h3-10,12,17,22H,11,13-15H2,1-2H3. The molecule has 1 atom stereocenters. The number of nitrogens with zero attached hydrogens (tertiary/aromatic N) is 1. The lowest BCUT2D eigenvalue weighted by molar-refractivity contribution is 0.0943. The molecule has 1 N–H and O–H groups in total. The van der Waals surface area contributed by atoms with E-state index in [1.54, 1.807) is 6.20 Å². The van der Waals surface area contributed by atoms with Gasteiger partial charge in [0.05, 0.1) is 13.2 Å². The van der Waals surface area contributed by atoms with Crippen molar-refractivity contribution in [2.24, 2.45) is 5.92 Å². The van der Waals surface area contributed by atoms with E-state index in [9.17, 15) is 0 Å². The van der Waals surface area contributed by atoms with Crippen LogP contribution in [-0.2, 0) is 11.2 Å². The van der Waals surface area contributed by atoms with Gasteiger partial charge in [0.1, 0.15) is 0 Å². The van der Waals surface area contributed by atoms with Crippen molar-refractivity contribution >= 4 is 6.08 Å². The molecule has 2 rings (SSSR count). The Morgan fingerprint density at radius 3 is 2.65 bits per heavy atom. The molecule has 0 aliphatic rings. The van der Waals surface area contributed by atoms with E-state index in [0.717, 1.165) is 6.42 Å². The quantitative estimate of drug-likeness (QED) is 0.808. The molecular weight excluding hydrogens is 286 g/mol. The molecule has 1 aromatic carbocycles. The number of ether oxygens (including phenoxy) is 1. The number of hydrogen-bond donors (Lipinski definition) is 1. The van der Waals surface area contributed by atoms with Crippen molar-refractivity contribution < 1.29 is 9.84 Å². The van der Waals surface area contributed by atoms with Gasteiger partial charge in [-0.3, -0.25) is 4.98 Å². The number of aliphatic hydroxyl groups excluding tert-OH is 1. The number of benzene rings is 1. The zero-order valence-corrected chi connectivity index (χ0v) is 13.9. The van der Waals surface area contributed by atoms with Crippen LogP contribution in [-0.4, -0.2) is 29.9 Å². The van der Waals surface area contributed by atoms with Crippen LogP contribution in [0.2, 0.25) is 0 Å². The molecule has 0 saturated heterocycles. The smallest absolute Gasteiger partial charge is 0.0677 e. The summed E-state index contributed by atoms with van der Waals surface area (Å²) in [5.74, 6) is 0.189. The van der Waals surface area contributed by atoms with Gasteiger partial charge in [-0.2, -0.15) is 0 Å². The third-order valence-electron chi connectivity index (χ3n) is 3.57. The SMILES string of the molecule is CC(=Cc1ccc(Cc2cccnc2)cc1)COCC(C)CO. The van der Waals surface area contributed by atoms with Gasteiger partial charge in [0.25, 0.3) is 0 Å². The van der Waals surface area contributed by atoms with Gasteiger partial charge in [0.15, 0.2) is 0 Å². The molecule has 3 nitrogen and oxygen atoms in total. The normalized spacial score (nSPS) is 13.1. The molecule has 0 fully saturated rings. The van der Waals surface area contributed by atoms with Crippen LogP contribution in [0.4, 0.5) is 0 Å². The summed E-state index contributed by atoms with van der Waals surface area (Å²) in [5.41, 5.74) is 4.85. The van der Waals surface area contributed by atoms with Crippen LogP contribution < -0.4 is 0 Å². The summed E-state index contributed by atoms with van der Waals surface area (Å²) in [5, 5.41) is 8.97. The maximum atomic E-state index is 8.97. The van der Waals surface area contributed by atoms with Crippen LogP contribution in [0, 0.1) is 5.92 Å². The lowest BCUT2D eigenvalue weighted by atomic mass is 10.0. The van der Waals surface area contributed by atoms with Gasteiger partial charge in [-0.05, 0) is 41.7 Å². The van der Waals surface area contributed by atoms with Crippen LogP contribution in [0.25, 0.3) is 6.08 Å². The molecular formula is C20H25NO2. The van der Waals surface area contributed by atoms with Crippen LogP contribution in [0.5, 0.6) is 0 Å². The number of aromatic nitrogens is 1. The van der Waals surface area contributed by atoms with Crippen LogP contribution in [0.3, 0.4) is 0 Å². The van der Waals surface area contributed by atoms with Crippen molar-refractivity contribution in [3.05, 3.63) is 71.1 Å². The summed E-state index contributed by atoms with van der Waals surface area (Å²) in [6.07, 6.45) is 6.74. The molecule has 23 heavy (non-hydrogen) atoms. The molecule has 122 valence electrons. The molecule has 0 bridgehead atoms. The van der Waals surface area contributed by atoms with Crippen LogP contribution in [0.1, 0.15) is 30.5 Å². The van der Waals surface area contributed by atoms with E-state index in [-0.39, 0.29) is 12.5 Å². The molecule has 0 radical (unpaired) electrons. The van der Waals surface area contributed by atoms with Gasteiger partial charge in [-0.15, -0.1) is 0 Å². The van der Waals surface area contributed by atoms with Crippen molar-refractivity contribution in [1.82, 2.24) is 4.98 Å². The predicted molar refractivity (Wildman–Crippen MR) is 94.2 cm³/mol. The summed E-state index contributed by atoms with van der Waals surface area (Å²) in [6.45, 7) is 5.39. The van der Waals surface area contributed by atoms with Crippen LogP contribution in [0.15, 0.2) is 54.4 Å². The minimum atomic E-state index is 0.168. The predicted octanol–water partition coefficient (Wildman–Crippen LogP) is 3.72. The summed E-state index contributed by atoms with van der Waals surface area (Å²) in [6, 6.07) is 12.6. The fraction of sp³-hybridized carbons (Fsp3) is 0.350. The Labute approximate surface area is 138 Å². The Morgan fingerprint density at radius 1 is 1.22 bits per heavy atom. The Balaban J connectivity index is 1.87. The zero-order chi connectivity index (χ0) is 16.5. The van der Waals surface area contributed by atoms with Crippen molar-refractivity contribution in [3.8, 4) is 0 Å². The van der Waals surface area contributed by atoms with E-state index in [0.29, 0.717) is 13.2 Å². The van der Waals surface area contributed by atoms with E-state index in [1.807, 2.05) is 19.2 Å².